The molecule has 0 aliphatic heterocycles. The molecule has 0 unspecified atom stereocenters. The Morgan fingerprint density at radius 1 is 1.78 bits per heavy atom. The Kier molecular flexibility index (Phi) is 3.20. The first-order valence-corrected chi connectivity index (χ1v) is 2.49. The predicted octanol–water partition coefficient (Wildman–Crippen LogP) is 0.109. The van der Waals surface area contributed by atoms with E-state index < -0.39 is 0 Å². The Morgan fingerprint density at radius 3 is 2.67 bits per heavy atom. The standard InChI is InChI=1S/C6H10N2O/c1-5(2)8-3-6(7)4-9/h3-4,8H,1,7H2,2H3/b6-3-. The monoisotopic (exact) mass is 126 g/mol. The fourth-order valence-electron chi connectivity index (χ4n) is 0.241. The van der Waals surface area contributed by atoms with Crippen LogP contribution in [-0.4, -0.2) is 6.29 Å². The van der Waals surface area contributed by atoms with E-state index in [2.05, 4.69) is 11.9 Å². The molecule has 0 saturated carbocycles. The second-order valence-electron chi connectivity index (χ2n) is 1.69. The van der Waals surface area contributed by atoms with Gasteiger partial charge in [-0.05, 0) is 6.92 Å². The van der Waals surface area contributed by atoms with Crippen molar-refractivity contribution in [2.24, 2.45) is 5.73 Å². The average molecular weight is 126 g/mol. The molecule has 3 heteroatoms. The van der Waals surface area contributed by atoms with E-state index >= 15 is 0 Å². The minimum atomic E-state index is 0.165. The fourth-order valence-corrected chi connectivity index (χ4v) is 0.241. The van der Waals surface area contributed by atoms with Crippen LogP contribution < -0.4 is 11.1 Å². The lowest BCUT2D eigenvalue weighted by molar-refractivity contribution is -0.105. The lowest BCUT2D eigenvalue weighted by atomic mass is 10.5. The molecular weight excluding hydrogens is 116 g/mol. The third-order valence-corrected chi connectivity index (χ3v) is 0.621. The van der Waals surface area contributed by atoms with Crippen molar-refractivity contribution in [3.8, 4) is 0 Å². The first-order chi connectivity index (χ1) is 4.16. The Labute approximate surface area is 54.2 Å². The summed E-state index contributed by atoms with van der Waals surface area (Å²) in [6.45, 7) is 5.31. The lowest BCUT2D eigenvalue weighted by Crippen LogP contribution is -2.07. The number of aldehydes is 1. The predicted molar refractivity (Wildman–Crippen MR) is 36.3 cm³/mol. The summed E-state index contributed by atoms with van der Waals surface area (Å²) in [5.74, 6) is 0. The second kappa shape index (κ2) is 3.72. The maximum absolute atomic E-state index is 9.85. The van der Waals surface area contributed by atoms with E-state index in [1.165, 1.54) is 6.20 Å². The highest BCUT2D eigenvalue weighted by Gasteiger charge is 1.81. The van der Waals surface area contributed by atoms with Crippen molar-refractivity contribution in [2.75, 3.05) is 0 Å². The van der Waals surface area contributed by atoms with E-state index in [1.54, 1.807) is 6.92 Å². The molecule has 0 radical (unpaired) electrons. The van der Waals surface area contributed by atoms with Gasteiger partial charge in [0.25, 0.3) is 0 Å². The molecule has 0 heterocycles. The smallest absolute Gasteiger partial charge is 0.167 e. The van der Waals surface area contributed by atoms with Crippen molar-refractivity contribution < 1.29 is 4.79 Å². The van der Waals surface area contributed by atoms with Gasteiger partial charge in [0.15, 0.2) is 6.29 Å². The summed E-state index contributed by atoms with van der Waals surface area (Å²) in [7, 11) is 0. The van der Waals surface area contributed by atoms with Crippen molar-refractivity contribution in [3.05, 3.63) is 24.2 Å². The minimum absolute atomic E-state index is 0.165. The molecule has 0 spiro atoms. The highest BCUT2D eigenvalue weighted by molar-refractivity contribution is 5.71. The molecular formula is C6H10N2O. The summed E-state index contributed by atoms with van der Waals surface area (Å²) in [5, 5.41) is 2.68. The van der Waals surface area contributed by atoms with Crippen LogP contribution in [0.25, 0.3) is 0 Å². The second-order valence-corrected chi connectivity index (χ2v) is 1.69. The van der Waals surface area contributed by atoms with Gasteiger partial charge in [-0.3, -0.25) is 4.79 Å². The Hall–Kier alpha value is -1.25. The Bertz CT molecular complexity index is 149. The van der Waals surface area contributed by atoms with Gasteiger partial charge in [0.2, 0.25) is 0 Å². The largest absolute Gasteiger partial charge is 0.395 e. The van der Waals surface area contributed by atoms with Crippen LogP contribution in [0.3, 0.4) is 0 Å². The third-order valence-electron chi connectivity index (χ3n) is 0.621. The molecule has 0 rings (SSSR count). The zero-order valence-corrected chi connectivity index (χ0v) is 5.35. The number of nitrogens with one attached hydrogen (secondary N) is 1. The molecule has 0 aromatic rings. The number of carbonyl (C=O) groups excluding carboxylic acids is 1. The number of hydrogen-bond donors (Lipinski definition) is 2. The van der Waals surface area contributed by atoms with Gasteiger partial charge in [-0.2, -0.15) is 0 Å². The fraction of sp³-hybridized carbons (Fsp3) is 0.167. The summed E-state index contributed by atoms with van der Waals surface area (Å²) in [4.78, 5) is 9.85. The molecule has 0 amide bonds. The van der Waals surface area contributed by atoms with Crippen molar-refractivity contribution in [1.29, 1.82) is 0 Å². The number of carbonyl (C=O) groups is 1. The van der Waals surface area contributed by atoms with E-state index in [1.807, 2.05) is 0 Å². The minimum Gasteiger partial charge on any atom is -0.395 e. The summed E-state index contributed by atoms with van der Waals surface area (Å²) in [5.41, 5.74) is 6.03. The molecule has 0 atom stereocenters. The Balaban J connectivity index is 3.69. The summed E-state index contributed by atoms with van der Waals surface area (Å²) >= 11 is 0. The van der Waals surface area contributed by atoms with Gasteiger partial charge in [-0.15, -0.1) is 0 Å². The van der Waals surface area contributed by atoms with Crippen LogP contribution in [0.1, 0.15) is 6.92 Å². The zero-order chi connectivity index (χ0) is 7.28. The number of allylic oxidation sites excluding steroid dienone is 2. The van der Waals surface area contributed by atoms with Crippen LogP contribution in [0.5, 0.6) is 0 Å². The Morgan fingerprint density at radius 2 is 2.33 bits per heavy atom. The summed E-state index contributed by atoms with van der Waals surface area (Å²) in [6, 6.07) is 0. The van der Waals surface area contributed by atoms with Crippen LogP contribution >= 0.6 is 0 Å². The maximum atomic E-state index is 9.85. The van der Waals surface area contributed by atoms with Crippen molar-refractivity contribution in [3.63, 3.8) is 0 Å². The van der Waals surface area contributed by atoms with Gasteiger partial charge in [-0.25, -0.2) is 0 Å². The van der Waals surface area contributed by atoms with Crippen LogP contribution in [0.2, 0.25) is 0 Å². The topological polar surface area (TPSA) is 55.1 Å². The third kappa shape index (κ3) is 4.61. The highest BCUT2D eigenvalue weighted by Crippen LogP contribution is 1.79. The van der Waals surface area contributed by atoms with Gasteiger partial charge >= 0.3 is 0 Å². The van der Waals surface area contributed by atoms with Gasteiger partial charge < -0.3 is 11.1 Å². The van der Waals surface area contributed by atoms with Crippen LogP contribution in [0.4, 0.5) is 0 Å². The summed E-state index contributed by atoms with van der Waals surface area (Å²) < 4.78 is 0. The molecule has 50 valence electrons. The molecule has 3 N–H and O–H groups in total. The zero-order valence-electron chi connectivity index (χ0n) is 5.35. The van der Waals surface area contributed by atoms with Crippen molar-refractivity contribution >= 4 is 6.29 Å². The molecule has 0 aromatic heterocycles. The number of nitrogens with two attached hydrogens (primary N) is 1. The van der Waals surface area contributed by atoms with Gasteiger partial charge in [0.05, 0.1) is 5.70 Å². The van der Waals surface area contributed by atoms with E-state index in [9.17, 15) is 4.79 Å². The molecule has 3 nitrogen and oxygen atoms in total. The maximum Gasteiger partial charge on any atom is 0.167 e. The molecule has 0 saturated heterocycles. The molecule has 0 bridgehead atoms. The van der Waals surface area contributed by atoms with Crippen LogP contribution in [0.15, 0.2) is 24.2 Å². The van der Waals surface area contributed by atoms with E-state index in [0.29, 0.717) is 6.29 Å². The highest BCUT2D eigenvalue weighted by atomic mass is 16.1. The molecule has 9 heavy (non-hydrogen) atoms. The number of rotatable bonds is 3. The number of hydrogen-bond acceptors (Lipinski definition) is 3. The van der Waals surface area contributed by atoms with E-state index in [-0.39, 0.29) is 5.70 Å². The first kappa shape index (κ1) is 7.75. The molecule has 0 aromatic carbocycles. The normalized spacial score (nSPS) is 10.6. The molecule has 0 fully saturated rings. The van der Waals surface area contributed by atoms with Crippen LogP contribution in [0, 0.1) is 0 Å². The van der Waals surface area contributed by atoms with Crippen LogP contribution in [-0.2, 0) is 4.79 Å². The van der Waals surface area contributed by atoms with E-state index in [0.717, 1.165) is 5.70 Å². The molecule has 0 aliphatic carbocycles. The lowest BCUT2D eigenvalue weighted by Gasteiger charge is -1.95. The SMILES string of the molecule is C=C(C)N/C=C(\N)C=O. The molecule has 0 aliphatic rings. The van der Waals surface area contributed by atoms with Gasteiger partial charge in [-0.1, -0.05) is 6.58 Å². The quantitative estimate of drug-likeness (QED) is 0.417. The van der Waals surface area contributed by atoms with E-state index in [4.69, 9.17) is 5.73 Å². The summed E-state index contributed by atoms with van der Waals surface area (Å²) in [6.07, 6.45) is 1.96. The van der Waals surface area contributed by atoms with Crippen molar-refractivity contribution in [2.45, 2.75) is 6.92 Å². The first-order valence-electron chi connectivity index (χ1n) is 2.49. The average Bonchev–Trinajstić information content (AvgIpc) is 1.83. The van der Waals surface area contributed by atoms with Gasteiger partial charge in [0, 0.05) is 11.9 Å². The van der Waals surface area contributed by atoms with Gasteiger partial charge in [0.1, 0.15) is 0 Å². The van der Waals surface area contributed by atoms with Crippen molar-refractivity contribution in [1.82, 2.24) is 5.32 Å².